The number of nitrogens with zero attached hydrogens (tertiary/aromatic N) is 4. The lowest BCUT2D eigenvalue weighted by atomic mass is 10.1. The average Bonchev–Trinajstić information content (AvgIpc) is 3.00. The number of hydrogen-bond donors (Lipinski definition) is 0. The van der Waals surface area contributed by atoms with E-state index < -0.39 is 0 Å². The topological polar surface area (TPSA) is 50.6 Å². The minimum atomic E-state index is 0.0252. The number of morpholine rings is 1. The SMILES string of the molecule is CC(C)N1CCO[C@@H](CC(=O)N(C)CCCn2cccn2)C1. The summed E-state index contributed by atoms with van der Waals surface area (Å²) < 4.78 is 7.63. The van der Waals surface area contributed by atoms with Crippen LogP contribution in [-0.2, 0) is 16.1 Å². The van der Waals surface area contributed by atoms with Crippen molar-refractivity contribution in [3.8, 4) is 0 Å². The Morgan fingerprint density at radius 1 is 1.50 bits per heavy atom. The molecule has 124 valence electrons. The minimum absolute atomic E-state index is 0.0252. The molecule has 1 aliphatic rings. The summed E-state index contributed by atoms with van der Waals surface area (Å²) in [5, 5.41) is 4.16. The van der Waals surface area contributed by atoms with Gasteiger partial charge in [0.1, 0.15) is 0 Å². The van der Waals surface area contributed by atoms with Crippen LogP contribution in [0.5, 0.6) is 0 Å². The van der Waals surface area contributed by atoms with Gasteiger partial charge in [0.2, 0.25) is 5.91 Å². The van der Waals surface area contributed by atoms with E-state index in [0.29, 0.717) is 12.5 Å². The summed E-state index contributed by atoms with van der Waals surface area (Å²) in [4.78, 5) is 16.5. The molecule has 0 unspecified atom stereocenters. The van der Waals surface area contributed by atoms with Crippen LogP contribution in [0.1, 0.15) is 26.7 Å². The molecule has 1 aliphatic heterocycles. The summed E-state index contributed by atoms with van der Waals surface area (Å²) in [5.41, 5.74) is 0. The number of carbonyl (C=O) groups is 1. The van der Waals surface area contributed by atoms with Crippen molar-refractivity contribution >= 4 is 5.91 Å². The third kappa shape index (κ3) is 5.10. The summed E-state index contributed by atoms with van der Waals surface area (Å²) >= 11 is 0. The lowest BCUT2D eigenvalue weighted by Crippen LogP contribution is -2.47. The maximum atomic E-state index is 12.3. The Bertz CT molecular complexity index is 447. The van der Waals surface area contributed by atoms with Gasteiger partial charge in [-0.3, -0.25) is 14.4 Å². The molecule has 0 bridgehead atoms. The van der Waals surface area contributed by atoms with Crippen LogP contribution >= 0.6 is 0 Å². The Hall–Kier alpha value is -1.40. The Balaban J connectivity index is 1.69. The van der Waals surface area contributed by atoms with Crippen molar-refractivity contribution in [2.45, 2.75) is 45.4 Å². The van der Waals surface area contributed by atoms with Gasteiger partial charge in [0.05, 0.1) is 19.1 Å². The molecule has 0 N–H and O–H groups in total. The van der Waals surface area contributed by atoms with Crippen LogP contribution in [0.25, 0.3) is 0 Å². The van der Waals surface area contributed by atoms with E-state index in [4.69, 9.17) is 4.74 Å². The van der Waals surface area contributed by atoms with E-state index in [0.717, 1.165) is 39.2 Å². The predicted octanol–water partition coefficient (Wildman–Crippen LogP) is 1.23. The van der Waals surface area contributed by atoms with Crippen LogP contribution in [0.15, 0.2) is 18.5 Å². The largest absolute Gasteiger partial charge is 0.375 e. The minimum Gasteiger partial charge on any atom is -0.375 e. The van der Waals surface area contributed by atoms with Crippen LogP contribution < -0.4 is 0 Å². The lowest BCUT2D eigenvalue weighted by Gasteiger charge is -2.35. The first-order valence-electron chi connectivity index (χ1n) is 8.13. The van der Waals surface area contributed by atoms with Crippen molar-refractivity contribution in [2.75, 3.05) is 33.3 Å². The van der Waals surface area contributed by atoms with E-state index in [1.54, 1.807) is 11.1 Å². The zero-order valence-corrected chi connectivity index (χ0v) is 13.9. The van der Waals surface area contributed by atoms with Crippen LogP contribution in [0.2, 0.25) is 0 Å². The third-order valence-electron chi connectivity index (χ3n) is 4.17. The first-order chi connectivity index (χ1) is 10.6. The standard InChI is InChI=1S/C16H28N4O2/c1-14(2)19-10-11-22-15(13-19)12-16(21)18(3)7-5-9-20-8-4-6-17-20/h4,6,8,14-15H,5,7,9-13H2,1-3H3/t15-/m0/s1. The van der Waals surface area contributed by atoms with E-state index >= 15 is 0 Å². The monoisotopic (exact) mass is 308 g/mol. The number of carbonyl (C=O) groups excluding carboxylic acids is 1. The number of rotatable bonds is 7. The highest BCUT2D eigenvalue weighted by molar-refractivity contribution is 5.76. The van der Waals surface area contributed by atoms with Crippen molar-refractivity contribution < 1.29 is 9.53 Å². The fourth-order valence-electron chi connectivity index (χ4n) is 2.71. The second kappa shape index (κ2) is 8.29. The Kier molecular flexibility index (Phi) is 6.39. The van der Waals surface area contributed by atoms with Crippen LogP contribution in [0, 0.1) is 0 Å². The third-order valence-corrected chi connectivity index (χ3v) is 4.17. The molecule has 2 heterocycles. The first-order valence-corrected chi connectivity index (χ1v) is 8.13. The van der Waals surface area contributed by atoms with E-state index in [1.807, 2.05) is 24.0 Å². The molecule has 0 radical (unpaired) electrons. The van der Waals surface area contributed by atoms with Gasteiger partial charge in [0, 0.05) is 51.7 Å². The highest BCUT2D eigenvalue weighted by Gasteiger charge is 2.25. The van der Waals surface area contributed by atoms with Crippen molar-refractivity contribution in [1.29, 1.82) is 0 Å². The van der Waals surface area contributed by atoms with Crippen molar-refractivity contribution in [2.24, 2.45) is 0 Å². The molecule has 0 saturated carbocycles. The molecule has 22 heavy (non-hydrogen) atoms. The molecule has 0 spiro atoms. The van der Waals surface area contributed by atoms with E-state index in [2.05, 4.69) is 23.8 Å². The van der Waals surface area contributed by atoms with Gasteiger partial charge < -0.3 is 9.64 Å². The van der Waals surface area contributed by atoms with Gasteiger partial charge in [-0.2, -0.15) is 5.10 Å². The second-order valence-corrected chi connectivity index (χ2v) is 6.22. The average molecular weight is 308 g/mol. The van der Waals surface area contributed by atoms with Crippen LogP contribution in [-0.4, -0.2) is 70.9 Å². The first kappa shape index (κ1) is 17.0. The quantitative estimate of drug-likeness (QED) is 0.760. The summed E-state index contributed by atoms with van der Waals surface area (Å²) in [5.74, 6) is 0.163. The molecule has 2 rings (SSSR count). The predicted molar refractivity (Wildman–Crippen MR) is 85.5 cm³/mol. The van der Waals surface area contributed by atoms with Crippen molar-refractivity contribution in [1.82, 2.24) is 19.6 Å². The molecule has 0 aliphatic carbocycles. The summed E-state index contributed by atoms with van der Waals surface area (Å²) in [6, 6.07) is 2.42. The molecular weight excluding hydrogens is 280 g/mol. The van der Waals surface area contributed by atoms with Gasteiger partial charge >= 0.3 is 0 Å². The van der Waals surface area contributed by atoms with Crippen LogP contribution in [0.3, 0.4) is 0 Å². The van der Waals surface area contributed by atoms with Crippen molar-refractivity contribution in [3.05, 3.63) is 18.5 Å². The summed E-state index contributed by atoms with van der Waals surface area (Å²) in [6.45, 7) is 8.49. The fourth-order valence-corrected chi connectivity index (χ4v) is 2.71. The Morgan fingerprint density at radius 2 is 2.32 bits per heavy atom. The number of hydrogen-bond acceptors (Lipinski definition) is 4. The molecule has 1 aromatic heterocycles. The summed E-state index contributed by atoms with van der Waals surface area (Å²) in [6.07, 6.45) is 5.13. The molecule has 0 aromatic carbocycles. The molecule has 1 amide bonds. The summed E-state index contributed by atoms with van der Waals surface area (Å²) in [7, 11) is 1.87. The number of ether oxygens (including phenoxy) is 1. The molecular formula is C16H28N4O2. The molecule has 1 aromatic rings. The van der Waals surface area contributed by atoms with Gasteiger partial charge in [-0.05, 0) is 26.3 Å². The molecule has 6 nitrogen and oxygen atoms in total. The number of amides is 1. The van der Waals surface area contributed by atoms with Gasteiger partial charge in [-0.25, -0.2) is 0 Å². The van der Waals surface area contributed by atoms with Gasteiger partial charge in [-0.15, -0.1) is 0 Å². The lowest BCUT2D eigenvalue weighted by molar-refractivity contribution is -0.135. The van der Waals surface area contributed by atoms with E-state index in [1.165, 1.54) is 0 Å². The van der Waals surface area contributed by atoms with Gasteiger partial charge in [0.25, 0.3) is 0 Å². The highest BCUT2D eigenvalue weighted by Crippen LogP contribution is 2.12. The fraction of sp³-hybridized carbons (Fsp3) is 0.750. The highest BCUT2D eigenvalue weighted by atomic mass is 16.5. The number of aromatic nitrogens is 2. The maximum Gasteiger partial charge on any atom is 0.224 e. The van der Waals surface area contributed by atoms with Crippen molar-refractivity contribution in [3.63, 3.8) is 0 Å². The normalized spacial score (nSPS) is 19.5. The molecule has 1 fully saturated rings. The van der Waals surface area contributed by atoms with Gasteiger partial charge in [0.15, 0.2) is 0 Å². The van der Waals surface area contributed by atoms with Gasteiger partial charge in [-0.1, -0.05) is 0 Å². The molecule has 6 heteroatoms. The molecule has 1 saturated heterocycles. The molecule has 1 atom stereocenters. The maximum absolute atomic E-state index is 12.3. The zero-order valence-electron chi connectivity index (χ0n) is 13.9. The zero-order chi connectivity index (χ0) is 15.9. The second-order valence-electron chi connectivity index (χ2n) is 6.22. The Labute approximate surface area is 133 Å². The Morgan fingerprint density at radius 3 is 3.00 bits per heavy atom. The van der Waals surface area contributed by atoms with Crippen LogP contribution in [0.4, 0.5) is 0 Å². The van der Waals surface area contributed by atoms with E-state index in [9.17, 15) is 4.79 Å². The van der Waals surface area contributed by atoms with E-state index in [-0.39, 0.29) is 12.0 Å². The smallest absolute Gasteiger partial charge is 0.224 e. The number of aryl methyl sites for hydroxylation is 1.